The highest BCUT2D eigenvalue weighted by molar-refractivity contribution is 5.64. The number of piperazine rings is 1. The lowest BCUT2D eigenvalue weighted by Crippen LogP contribution is -2.47. The Kier molecular flexibility index (Phi) is 5.50. The summed E-state index contributed by atoms with van der Waals surface area (Å²) >= 11 is 0. The average molecular weight is 423 g/mol. The standard InChI is InChI=1S/C26H26N6/c1-19-27-23(21-9-5-3-6-10-21)17-25(29-19)31-13-15-32(16-14-31)26-18-24(28-20(2)30-26)22-11-7-4-8-12-22/h3-12,17-18H,13-16H2,1-2H3. The van der Waals surface area contributed by atoms with E-state index in [1.165, 1.54) is 0 Å². The van der Waals surface area contributed by atoms with Gasteiger partial charge in [0.05, 0.1) is 11.4 Å². The van der Waals surface area contributed by atoms with Crippen LogP contribution < -0.4 is 9.80 Å². The van der Waals surface area contributed by atoms with Crippen molar-refractivity contribution in [3.8, 4) is 22.5 Å². The summed E-state index contributed by atoms with van der Waals surface area (Å²) in [5, 5.41) is 0. The molecule has 1 aliphatic heterocycles. The van der Waals surface area contributed by atoms with E-state index in [-0.39, 0.29) is 0 Å². The molecule has 0 amide bonds. The molecule has 2 aromatic carbocycles. The van der Waals surface area contributed by atoms with Gasteiger partial charge in [0, 0.05) is 49.4 Å². The fourth-order valence-electron chi connectivity index (χ4n) is 4.11. The molecule has 0 aliphatic carbocycles. The van der Waals surface area contributed by atoms with E-state index in [2.05, 4.69) is 56.2 Å². The van der Waals surface area contributed by atoms with Gasteiger partial charge in [0.25, 0.3) is 0 Å². The average Bonchev–Trinajstić information content (AvgIpc) is 2.84. The van der Waals surface area contributed by atoms with Gasteiger partial charge in [0.2, 0.25) is 0 Å². The molecule has 2 aromatic heterocycles. The highest BCUT2D eigenvalue weighted by Crippen LogP contribution is 2.25. The Labute approximate surface area is 188 Å². The van der Waals surface area contributed by atoms with Crippen molar-refractivity contribution in [3.05, 3.63) is 84.4 Å². The molecule has 0 saturated carbocycles. The number of aromatic nitrogens is 4. The summed E-state index contributed by atoms with van der Waals surface area (Å²) in [5.74, 6) is 3.56. The molecule has 1 aliphatic rings. The van der Waals surface area contributed by atoms with E-state index in [4.69, 9.17) is 9.97 Å². The van der Waals surface area contributed by atoms with Crippen molar-refractivity contribution in [2.24, 2.45) is 0 Å². The van der Waals surface area contributed by atoms with Gasteiger partial charge in [-0.2, -0.15) is 0 Å². The molecule has 0 N–H and O–H groups in total. The van der Waals surface area contributed by atoms with E-state index >= 15 is 0 Å². The molecule has 160 valence electrons. The number of hydrogen-bond donors (Lipinski definition) is 0. The lowest BCUT2D eigenvalue weighted by Gasteiger charge is -2.36. The molecule has 0 spiro atoms. The topological polar surface area (TPSA) is 58.0 Å². The van der Waals surface area contributed by atoms with Gasteiger partial charge >= 0.3 is 0 Å². The molecule has 0 bridgehead atoms. The smallest absolute Gasteiger partial charge is 0.132 e. The molecule has 6 nitrogen and oxygen atoms in total. The van der Waals surface area contributed by atoms with Crippen LogP contribution in [0.4, 0.5) is 11.6 Å². The van der Waals surface area contributed by atoms with Crippen LogP contribution in [0.25, 0.3) is 22.5 Å². The Morgan fingerprint density at radius 3 is 1.28 bits per heavy atom. The summed E-state index contributed by atoms with van der Waals surface area (Å²) in [6.45, 7) is 7.45. The number of benzene rings is 2. The van der Waals surface area contributed by atoms with Crippen molar-refractivity contribution >= 4 is 11.6 Å². The zero-order chi connectivity index (χ0) is 21.9. The quantitative estimate of drug-likeness (QED) is 0.481. The highest BCUT2D eigenvalue weighted by atomic mass is 15.3. The predicted octanol–water partition coefficient (Wildman–Crippen LogP) is 4.54. The molecule has 0 radical (unpaired) electrons. The van der Waals surface area contributed by atoms with Gasteiger partial charge in [0.1, 0.15) is 23.3 Å². The molecule has 0 unspecified atom stereocenters. The molecule has 0 atom stereocenters. The molecule has 1 saturated heterocycles. The van der Waals surface area contributed by atoms with Crippen molar-refractivity contribution in [3.63, 3.8) is 0 Å². The second-order valence-corrected chi connectivity index (χ2v) is 8.02. The van der Waals surface area contributed by atoms with Crippen molar-refractivity contribution in [2.75, 3.05) is 36.0 Å². The number of hydrogen-bond acceptors (Lipinski definition) is 6. The maximum atomic E-state index is 4.72. The zero-order valence-electron chi connectivity index (χ0n) is 18.4. The fraction of sp³-hybridized carbons (Fsp3) is 0.231. The molecule has 1 fully saturated rings. The van der Waals surface area contributed by atoms with E-state index in [1.54, 1.807) is 0 Å². The Morgan fingerprint density at radius 2 is 0.906 bits per heavy atom. The molecular weight excluding hydrogens is 396 g/mol. The first-order valence-corrected chi connectivity index (χ1v) is 11.0. The lowest BCUT2D eigenvalue weighted by molar-refractivity contribution is 0.639. The third-order valence-electron chi connectivity index (χ3n) is 5.72. The van der Waals surface area contributed by atoms with Crippen LogP contribution in [0.5, 0.6) is 0 Å². The lowest BCUT2D eigenvalue weighted by atomic mass is 10.1. The molecule has 32 heavy (non-hydrogen) atoms. The van der Waals surface area contributed by atoms with E-state index in [9.17, 15) is 0 Å². The number of rotatable bonds is 4. The van der Waals surface area contributed by atoms with Gasteiger partial charge in [0.15, 0.2) is 0 Å². The van der Waals surface area contributed by atoms with E-state index in [1.807, 2.05) is 50.2 Å². The largest absolute Gasteiger partial charge is 0.353 e. The Morgan fingerprint density at radius 1 is 0.531 bits per heavy atom. The first-order chi connectivity index (χ1) is 15.7. The molecular formula is C26H26N6. The molecule has 6 heteroatoms. The van der Waals surface area contributed by atoms with Gasteiger partial charge in [-0.15, -0.1) is 0 Å². The van der Waals surface area contributed by atoms with Crippen molar-refractivity contribution < 1.29 is 0 Å². The summed E-state index contributed by atoms with van der Waals surface area (Å²) in [6, 6.07) is 24.8. The van der Waals surface area contributed by atoms with E-state index in [0.29, 0.717) is 0 Å². The van der Waals surface area contributed by atoms with Gasteiger partial charge in [-0.25, -0.2) is 19.9 Å². The Balaban J connectivity index is 1.34. The summed E-state index contributed by atoms with van der Waals surface area (Å²) in [7, 11) is 0. The zero-order valence-corrected chi connectivity index (χ0v) is 18.4. The normalized spacial score (nSPS) is 13.9. The van der Waals surface area contributed by atoms with E-state index in [0.717, 1.165) is 72.0 Å². The van der Waals surface area contributed by atoms with Crippen LogP contribution in [0.1, 0.15) is 11.6 Å². The molecule has 5 rings (SSSR count). The first kappa shape index (κ1) is 20.1. The molecule has 4 aromatic rings. The summed E-state index contributed by atoms with van der Waals surface area (Å²) in [6.07, 6.45) is 0. The van der Waals surface area contributed by atoms with E-state index < -0.39 is 0 Å². The summed E-state index contributed by atoms with van der Waals surface area (Å²) in [5.41, 5.74) is 4.16. The van der Waals surface area contributed by atoms with Crippen LogP contribution in [-0.4, -0.2) is 46.1 Å². The predicted molar refractivity (Wildman–Crippen MR) is 129 cm³/mol. The molecule has 3 heterocycles. The summed E-state index contributed by atoms with van der Waals surface area (Å²) in [4.78, 5) is 23.4. The van der Waals surface area contributed by atoms with Gasteiger partial charge in [-0.05, 0) is 13.8 Å². The van der Waals surface area contributed by atoms with Crippen LogP contribution >= 0.6 is 0 Å². The van der Waals surface area contributed by atoms with Crippen molar-refractivity contribution in [1.29, 1.82) is 0 Å². The van der Waals surface area contributed by atoms with Crippen LogP contribution in [0.3, 0.4) is 0 Å². The number of aryl methyl sites for hydroxylation is 2. The highest BCUT2D eigenvalue weighted by Gasteiger charge is 2.21. The second-order valence-electron chi connectivity index (χ2n) is 8.02. The van der Waals surface area contributed by atoms with Crippen LogP contribution in [0.15, 0.2) is 72.8 Å². The minimum Gasteiger partial charge on any atom is -0.353 e. The minimum absolute atomic E-state index is 0.794. The number of nitrogens with zero attached hydrogens (tertiary/aromatic N) is 6. The maximum absolute atomic E-state index is 4.72. The van der Waals surface area contributed by atoms with Crippen molar-refractivity contribution in [1.82, 2.24) is 19.9 Å². The van der Waals surface area contributed by atoms with Gasteiger partial charge in [-0.3, -0.25) is 0 Å². The second kappa shape index (κ2) is 8.75. The van der Waals surface area contributed by atoms with Crippen LogP contribution in [-0.2, 0) is 0 Å². The monoisotopic (exact) mass is 422 g/mol. The van der Waals surface area contributed by atoms with Crippen LogP contribution in [0.2, 0.25) is 0 Å². The minimum atomic E-state index is 0.794. The maximum Gasteiger partial charge on any atom is 0.132 e. The number of anilines is 2. The fourth-order valence-corrected chi connectivity index (χ4v) is 4.11. The Hall–Kier alpha value is -3.80. The Bertz CT molecular complexity index is 1100. The third-order valence-corrected chi connectivity index (χ3v) is 5.72. The summed E-state index contributed by atoms with van der Waals surface area (Å²) < 4.78 is 0. The SMILES string of the molecule is Cc1nc(-c2ccccc2)cc(N2CCN(c3cc(-c4ccccc4)nc(C)n3)CC2)n1. The van der Waals surface area contributed by atoms with Gasteiger partial charge in [-0.1, -0.05) is 60.7 Å². The third kappa shape index (κ3) is 4.30. The van der Waals surface area contributed by atoms with Crippen molar-refractivity contribution in [2.45, 2.75) is 13.8 Å². The first-order valence-electron chi connectivity index (χ1n) is 11.0. The van der Waals surface area contributed by atoms with Gasteiger partial charge < -0.3 is 9.80 Å². The van der Waals surface area contributed by atoms with Crippen LogP contribution in [0, 0.1) is 13.8 Å².